The van der Waals surface area contributed by atoms with Crippen LogP contribution in [0.25, 0.3) is 0 Å². The zero-order valence-electron chi connectivity index (χ0n) is 10.9. The van der Waals surface area contributed by atoms with Crippen molar-refractivity contribution in [2.45, 2.75) is 46.1 Å². The summed E-state index contributed by atoms with van der Waals surface area (Å²) >= 11 is 0. The fraction of sp³-hybridized carbons (Fsp3) is 1.00. The highest BCUT2D eigenvalue weighted by atomic mass is 16.5. The first-order chi connectivity index (χ1) is 6.83. The molecule has 0 rings (SSSR count). The lowest BCUT2D eigenvalue weighted by Crippen LogP contribution is -2.27. The molecule has 0 unspecified atom stereocenters. The zero-order chi connectivity index (χ0) is 11.9. The molecular weight excluding hydrogens is 190 g/mol. The molecule has 0 radical (unpaired) electrons. The molecule has 2 N–H and O–H groups in total. The quantitative estimate of drug-likeness (QED) is 0.634. The van der Waals surface area contributed by atoms with Gasteiger partial charge in [0.15, 0.2) is 0 Å². The van der Waals surface area contributed by atoms with Gasteiger partial charge in [0.1, 0.15) is 0 Å². The van der Waals surface area contributed by atoms with Crippen molar-refractivity contribution in [1.82, 2.24) is 0 Å². The van der Waals surface area contributed by atoms with Crippen LogP contribution < -0.4 is 5.73 Å². The molecular formula is C12H27NO2. The molecule has 0 fully saturated rings. The van der Waals surface area contributed by atoms with Crippen molar-refractivity contribution in [3.63, 3.8) is 0 Å². The van der Waals surface area contributed by atoms with E-state index in [4.69, 9.17) is 15.2 Å². The van der Waals surface area contributed by atoms with Gasteiger partial charge in [0.25, 0.3) is 0 Å². The normalized spacial score (nSPS) is 13.2. The molecule has 92 valence electrons. The molecule has 0 aliphatic rings. The van der Waals surface area contributed by atoms with E-state index in [1.54, 1.807) is 7.11 Å². The van der Waals surface area contributed by atoms with Gasteiger partial charge in [-0.1, -0.05) is 13.8 Å². The van der Waals surface area contributed by atoms with Gasteiger partial charge in [0.05, 0.1) is 5.60 Å². The Bertz CT molecular complexity index is 149. The minimum Gasteiger partial charge on any atom is -0.381 e. The average molecular weight is 217 g/mol. The monoisotopic (exact) mass is 217 g/mol. The van der Waals surface area contributed by atoms with E-state index in [0.717, 1.165) is 26.1 Å². The van der Waals surface area contributed by atoms with Crippen LogP contribution in [0.5, 0.6) is 0 Å². The lowest BCUT2D eigenvalue weighted by Gasteiger charge is -2.24. The van der Waals surface area contributed by atoms with Crippen molar-refractivity contribution >= 4 is 0 Å². The summed E-state index contributed by atoms with van der Waals surface area (Å²) in [6.45, 7) is 10.7. The lowest BCUT2D eigenvalue weighted by atomic mass is 9.90. The van der Waals surface area contributed by atoms with Crippen molar-refractivity contribution in [2.75, 3.05) is 26.9 Å². The van der Waals surface area contributed by atoms with Gasteiger partial charge >= 0.3 is 0 Å². The highest BCUT2D eigenvalue weighted by molar-refractivity contribution is 4.69. The van der Waals surface area contributed by atoms with Crippen LogP contribution in [-0.4, -0.2) is 32.5 Å². The number of rotatable bonds is 8. The maximum Gasteiger partial charge on any atom is 0.0644 e. The maximum absolute atomic E-state index is 5.64. The Kier molecular flexibility index (Phi) is 6.41. The standard InChI is InChI=1S/C12H27NO2/c1-11(2,10-13)6-8-15-9-7-12(3,4)14-5/h6-10,13H2,1-5H3. The number of methoxy groups -OCH3 is 1. The fourth-order valence-corrected chi connectivity index (χ4v) is 0.973. The van der Waals surface area contributed by atoms with Gasteiger partial charge in [-0.3, -0.25) is 0 Å². The van der Waals surface area contributed by atoms with E-state index in [1.807, 2.05) is 0 Å². The van der Waals surface area contributed by atoms with Crippen molar-refractivity contribution in [3.05, 3.63) is 0 Å². The Morgan fingerprint density at radius 1 is 1.00 bits per heavy atom. The molecule has 3 nitrogen and oxygen atoms in total. The fourth-order valence-electron chi connectivity index (χ4n) is 0.973. The van der Waals surface area contributed by atoms with Crippen molar-refractivity contribution in [3.8, 4) is 0 Å². The van der Waals surface area contributed by atoms with E-state index in [2.05, 4.69) is 27.7 Å². The molecule has 15 heavy (non-hydrogen) atoms. The molecule has 0 aromatic carbocycles. The molecule has 0 aromatic rings. The summed E-state index contributed by atoms with van der Waals surface area (Å²) < 4.78 is 10.9. The van der Waals surface area contributed by atoms with Gasteiger partial charge < -0.3 is 15.2 Å². The van der Waals surface area contributed by atoms with E-state index in [1.165, 1.54) is 0 Å². The van der Waals surface area contributed by atoms with Crippen LogP contribution in [0.15, 0.2) is 0 Å². The summed E-state index contributed by atoms with van der Waals surface area (Å²) in [6.07, 6.45) is 1.93. The molecule has 0 atom stereocenters. The highest BCUT2D eigenvalue weighted by Crippen LogP contribution is 2.18. The van der Waals surface area contributed by atoms with Crippen LogP contribution in [0, 0.1) is 5.41 Å². The van der Waals surface area contributed by atoms with E-state index in [-0.39, 0.29) is 11.0 Å². The summed E-state index contributed by atoms with van der Waals surface area (Å²) in [5, 5.41) is 0. The summed E-state index contributed by atoms with van der Waals surface area (Å²) in [5.74, 6) is 0. The second-order valence-electron chi connectivity index (χ2n) is 5.44. The first-order valence-electron chi connectivity index (χ1n) is 5.66. The van der Waals surface area contributed by atoms with Crippen molar-refractivity contribution in [1.29, 1.82) is 0 Å². The summed E-state index contributed by atoms with van der Waals surface area (Å²) in [6, 6.07) is 0. The SMILES string of the molecule is COC(C)(C)CCOCCC(C)(C)CN. The largest absolute Gasteiger partial charge is 0.381 e. The minimum absolute atomic E-state index is 0.0800. The Morgan fingerprint density at radius 3 is 2.00 bits per heavy atom. The smallest absolute Gasteiger partial charge is 0.0644 e. The number of hydrogen-bond acceptors (Lipinski definition) is 3. The third-order valence-corrected chi connectivity index (χ3v) is 2.88. The minimum atomic E-state index is -0.0800. The highest BCUT2D eigenvalue weighted by Gasteiger charge is 2.17. The second-order valence-corrected chi connectivity index (χ2v) is 5.44. The average Bonchev–Trinajstić information content (AvgIpc) is 2.17. The molecule has 0 aliphatic heterocycles. The molecule has 0 heterocycles. The molecule has 0 spiro atoms. The van der Waals surface area contributed by atoms with Crippen LogP contribution in [0.4, 0.5) is 0 Å². The van der Waals surface area contributed by atoms with Crippen LogP contribution in [-0.2, 0) is 9.47 Å². The van der Waals surface area contributed by atoms with E-state index in [9.17, 15) is 0 Å². The van der Waals surface area contributed by atoms with Gasteiger partial charge in [-0.25, -0.2) is 0 Å². The van der Waals surface area contributed by atoms with Gasteiger partial charge in [-0.15, -0.1) is 0 Å². The Hall–Kier alpha value is -0.120. The van der Waals surface area contributed by atoms with Crippen LogP contribution in [0.3, 0.4) is 0 Å². The van der Waals surface area contributed by atoms with Gasteiger partial charge in [-0.05, 0) is 38.6 Å². The maximum atomic E-state index is 5.64. The predicted molar refractivity (Wildman–Crippen MR) is 64.0 cm³/mol. The van der Waals surface area contributed by atoms with E-state index < -0.39 is 0 Å². The predicted octanol–water partition coefficient (Wildman–Crippen LogP) is 2.19. The molecule has 0 saturated carbocycles. The lowest BCUT2D eigenvalue weighted by molar-refractivity contribution is -0.0123. The molecule has 0 bridgehead atoms. The third-order valence-electron chi connectivity index (χ3n) is 2.88. The van der Waals surface area contributed by atoms with Gasteiger partial charge in [0, 0.05) is 20.3 Å². The van der Waals surface area contributed by atoms with Crippen LogP contribution >= 0.6 is 0 Å². The van der Waals surface area contributed by atoms with Crippen molar-refractivity contribution < 1.29 is 9.47 Å². The Balaban J connectivity index is 3.48. The molecule has 3 heteroatoms. The molecule has 0 saturated heterocycles. The summed E-state index contributed by atoms with van der Waals surface area (Å²) in [4.78, 5) is 0. The molecule has 0 amide bonds. The first kappa shape index (κ1) is 14.9. The Morgan fingerprint density at radius 2 is 1.53 bits per heavy atom. The summed E-state index contributed by atoms with van der Waals surface area (Å²) in [7, 11) is 1.73. The van der Waals surface area contributed by atoms with Crippen molar-refractivity contribution in [2.24, 2.45) is 11.1 Å². The molecule has 0 aliphatic carbocycles. The van der Waals surface area contributed by atoms with E-state index >= 15 is 0 Å². The van der Waals surface area contributed by atoms with E-state index in [0.29, 0.717) is 6.54 Å². The second kappa shape index (κ2) is 6.46. The topological polar surface area (TPSA) is 44.5 Å². The Labute approximate surface area is 94.3 Å². The van der Waals surface area contributed by atoms with Gasteiger partial charge in [0.2, 0.25) is 0 Å². The van der Waals surface area contributed by atoms with Crippen LogP contribution in [0.1, 0.15) is 40.5 Å². The zero-order valence-corrected chi connectivity index (χ0v) is 10.9. The third kappa shape index (κ3) is 7.77. The number of hydrogen-bond donors (Lipinski definition) is 1. The van der Waals surface area contributed by atoms with Crippen LogP contribution in [0.2, 0.25) is 0 Å². The number of ether oxygens (including phenoxy) is 2. The molecule has 0 aromatic heterocycles. The van der Waals surface area contributed by atoms with Gasteiger partial charge in [-0.2, -0.15) is 0 Å². The first-order valence-corrected chi connectivity index (χ1v) is 5.66. The number of nitrogens with two attached hydrogens (primary N) is 1. The summed E-state index contributed by atoms with van der Waals surface area (Å²) in [5.41, 5.74) is 5.75.